The highest BCUT2D eigenvalue weighted by Gasteiger charge is 2.15. The Morgan fingerprint density at radius 2 is 2.04 bits per heavy atom. The third-order valence-corrected chi connectivity index (χ3v) is 3.69. The molecule has 0 saturated carbocycles. The first-order chi connectivity index (χ1) is 11.6. The molecular weight excluding hydrogens is 335 g/mol. The average molecular weight is 347 g/mol. The van der Waals surface area contributed by atoms with E-state index in [1.54, 1.807) is 30.3 Å². The fraction of sp³-hybridized carbons (Fsp3) is 0.0625. The second-order valence-corrected chi connectivity index (χ2v) is 5.31. The van der Waals surface area contributed by atoms with Crippen LogP contribution in [0.25, 0.3) is 11.3 Å². The summed E-state index contributed by atoms with van der Waals surface area (Å²) in [5.74, 6) is -0.667. The molecule has 0 unspecified atom stereocenters. The Hall–Kier alpha value is -2.93. The normalized spacial score (nSPS) is 10.6. The standard InChI is InChI=1S/C16H12ClFN4O2/c17-12-5-2-6-13(18)11(12)8-24-10-4-1-3-9(7-10)14-15(16(19)23)21-22-20-14/h1-7H,8H2,(H2,19,23)(H,20,21,22). The van der Waals surface area contributed by atoms with Crippen molar-refractivity contribution in [2.24, 2.45) is 5.73 Å². The average Bonchev–Trinajstić information content (AvgIpc) is 3.04. The van der Waals surface area contributed by atoms with Gasteiger partial charge in [0.1, 0.15) is 23.9 Å². The number of rotatable bonds is 5. The maximum atomic E-state index is 13.8. The lowest BCUT2D eigenvalue weighted by molar-refractivity contribution is 0.0996. The molecule has 0 atom stereocenters. The first kappa shape index (κ1) is 15.9. The molecule has 2 aromatic carbocycles. The number of nitrogens with two attached hydrogens (primary N) is 1. The molecule has 6 nitrogen and oxygen atoms in total. The van der Waals surface area contributed by atoms with Gasteiger partial charge in [-0.15, -0.1) is 0 Å². The topological polar surface area (TPSA) is 93.9 Å². The maximum Gasteiger partial charge on any atom is 0.271 e. The fourth-order valence-electron chi connectivity index (χ4n) is 2.16. The van der Waals surface area contributed by atoms with Crippen molar-refractivity contribution in [3.05, 3.63) is 64.6 Å². The van der Waals surface area contributed by atoms with Gasteiger partial charge in [0.05, 0.1) is 5.02 Å². The molecule has 0 aliphatic heterocycles. The van der Waals surface area contributed by atoms with Gasteiger partial charge in [0.15, 0.2) is 5.69 Å². The third kappa shape index (κ3) is 3.21. The number of hydrogen-bond donors (Lipinski definition) is 2. The van der Waals surface area contributed by atoms with Gasteiger partial charge in [-0.05, 0) is 24.3 Å². The Balaban J connectivity index is 1.84. The number of carbonyl (C=O) groups is 1. The zero-order valence-corrected chi connectivity index (χ0v) is 13.0. The van der Waals surface area contributed by atoms with Crippen LogP contribution in [0.1, 0.15) is 16.1 Å². The molecule has 0 aliphatic rings. The molecule has 3 aromatic rings. The van der Waals surface area contributed by atoms with Crippen molar-refractivity contribution in [1.82, 2.24) is 15.4 Å². The number of nitrogens with zero attached hydrogens (tertiary/aromatic N) is 2. The second kappa shape index (κ2) is 6.67. The van der Waals surface area contributed by atoms with E-state index in [0.717, 1.165) is 0 Å². The number of benzene rings is 2. The van der Waals surface area contributed by atoms with E-state index in [1.807, 2.05) is 0 Å². The minimum absolute atomic E-state index is 0.0313. The molecule has 8 heteroatoms. The van der Waals surface area contributed by atoms with Gasteiger partial charge >= 0.3 is 0 Å². The first-order valence-electron chi connectivity index (χ1n) is 6.93. The number of primary amides is 1. The summed E-state index contributed by atoms with van der Waals surface area (Å²) in [5.41, 5.74) is 6.46. The van der Waals surface area contributed by atoms with Crippen LogP contribution in [0.2, 0.25) is 5.02 Å². The Labute approximate surface area is 141 Å². The Kier molecular flexibility index (Phi) is 4.43. The smallest absolute Gasteiger partial charge is 0.271 e. The predicted octanol–water partition coefficient (Wildman–Crippen LogP) is 2.94. The summed E-state index contributed by atoms with van der Waals surface area (Å²) < 4.78 is 19.4. The number of halogens is 2. The number of amides is 1. The van der Waals surface area contributed by atoms with E-state index in [2.05, 4.69) is 15.4 Å². The van der Waals surface area contributed by atoms with Gasteiger partial charge in [-0.25, -0.2) is 4.39 Å². The summed E-state index contributed by atoms with van der Waals surface area (Å²) in [6, 6.07) is 11.2. The van der Waals surface area contributed by atoms with Gasteiger partial charge in [-0.1, -0.05) is 29.8 Å². The number of ether oxygens (including phenoxy) is 1. The van der Waals surface area contributed by atoms with Crippen molar-refractivity contribution in [2.45, 2.75) is 6.61 Å². The van der Waals surface area contributed by atoms with E-state index in [-0.39, 0.29) is 17.9 Å². The van der Waals surface area contributed by atoms with Crippen LogP contribution in [0.4, 0.5) is 4.39 Å². The van der Waals surface area contributed by atoms with Crippen LogP contribution in [0.3, 0.4) is 0 Å². The molecule has 3 N–H and O–H groups in total. The first-order valence-corrected chi connectivity index (χ1v) is 7.30. The van der Waals surface area contributed by atoms with Crippen LogP contribution < -0.4 is 10.5 Å². The lowest BCUT2D eigenvalue weighted by atomic mass is 10.1. The summed E-state index contributed by atoms with van der Waals surface area (Å²) in [7, 11) is 0. The lowest BCUT2D eigenvalue weighted by Gasteiger charge is -2.09. The summed E-state index contributed by atoms with van der Waals surface area (Å²) in [6.45, 7) is -0.0313. The number of H-pyrrole nitrogens is 1. The number of nitrogens with one attached hydrogen (secondary N) is 1. The highest BCUT2D eigenvalue weighted by Crippen LogP contribution is 2.26. The molecule has 1 amide bonds. The van der Waals surface area contributed by atoms with E-state index < -0.39 is 11.7 Å². The summed E-state index contributed by atoms with van der Waals surface area (Å²) in [4.78, 5) is 11.3. The zero-order valence-electron chi connectivity index (χ0n) is 12.3. The van der Waals surface area contributed by atoms with E-state index in [4.69, 9.17) is 22.1 Å². The molecule has 0 radical (unpaired) electrons. The van der Waals surface area contributed by atoms with E-state index in [1.165, 1.54) is 12.1 Å². The minimum Gasteiger partial charge on any atom is -0.489 e. The SMILES string of the molecule is NC(=O)c1n[nH]nc1-c1cccc(OCc2c(F)cccc2Cl)c1. The molecule has 0 saturated heterocycles. The molecule has 122 valence electrons. The number of hydrogen-bond acceptors (Lipinski definition) is 4. The predicted molar refractivity (Wildman–Crippen MR) is 86.1 cm³/mol. The van der Waals surface area contributed by atoms with Crippen LogP contribution in [0.5, 0.6) is 5.75 Å². The van der Waals surface area contributed by atoms with Crippen LogP contribution in [0.15, 0.2) is 42.5 Å². The minimum atomic E-state index is -0.691. The number of carbonyl (C=O) groups excluding carboxylic acids is 1. The molecule has 0 spiro atoms. The zero-order chi connectivity index (χ0) is 17.1. The molecule has 24 heavy (non-hydrogen) atoms. The fourth-order valence-corrected chi connectivity index (χ4v) is 2.38. The molecule has 0 bridgehead atoms. The molecule has 1 heterocycles. The van der Waals surface area contributed by atoms with Crippen LogP contribution in [-0.2, 0) is 6.61 Å². The van der Waals surface area contributed by atoms with E-state index in [9.17, 15) is 9.18 Å². The molecule has 0 fully saturated rings. The maximum absolute atomic E-state index is 13.8. The Morgan fingerprint density at radius 3 is 2.79 bits per heavy atom. The molecule has 1 aromatic heterocycles. The Bertz CT molecular complexity index is 877. The quantitative estimate of drug-likeness (QED) is 0.742. The number of aromatic amines is 1. The molecular formula is C16H12ClFN4O2. The molecule has 3 rings (SSSR count). The van der Waals surface area contributed by atoms with Crippen molar-refractivity contribution in [1.29, 1.82) is 0 Å². The van der Waals surface area contributed by atoms with E-state index in [0.29, 0.717) is 22.0 Å². The van der Waals surface area contributed by atoms with Crippen LogP contribution >= 0.6 is 11.6 Å². The second-order valence-electron chi connectivity index (χ2n) is 4.90. The lowest BCUT2D eigenvalue weighted by Crippen LogP contribution is -2.12. The summed E-state index contributed by atoms with van der Waals surface area (Å²) in [5, 5.41) is 10.3. The largest absolute Gasteiger partial charge is 0.489 e. The highest BCUT2D eigenvalue weighted by atomic mass is 35.5. The van der Waals surface area contributed by atoms with Gasteiger partial charge in [-0.2, -0.15) is 15.4 Å². The monoisotopic (exact) mass is 346 g/mol. The van der Waals surface area contributed by atoms with Crippen LogP contribution in [0, 0.1) is 5.82 Å². The van der Waals surface area contributed by atoms with Gasteiger partial charge in [0.2, 0.25) is 0 Å². The number of aromatic nitrogens is 3. The summed E-state index contributed by atoms with van der Waals surface area (Å²) in [6.07, 6.45) is 0. The highest BCUT2D eigenvalue weighted by molar-refractivity contribution is 6.31. The van der Waals surface area contributed by atoms with Crippen molar-refractivity contribution >= 4 is 17.5 Å². The van der Waals surface area contributed by atoms with Crippen molar-refractivity contribution in [2.75, 3.05) is 0 Å². The van der Waals surface area contributed by atoms with Crippen molar-refractivity contribution in [3.8, 4) is 17.0 Å². The van der Waals surface area contributed by atoms with Crippen LogP contribution in [-0.4, -0.2) is 21.3 Å². The van der Waals surface area contributed by atoms with Gasteiger partial charge in [0, 0.05) is 11.1 Å². The molecule has 0 aliphatic carbocycles. The Morgan fingerprint density at radius 1 is 1.25 bits per heavy atom. The van der Waals surface area contributed by atoms with Crippen molar-refractivity contribution < 1.29 is 13.9 Å². The summed E-state index contributed by atoms with van der Waals surface area (Å²) >= 11 is 5.97. The van der Waals surface area contributed by atoms with E-state index >= 15 is 0 Å². The van der Waals surface area contributed by atoms with Gasteiger partial charge in [0.25, 0.3) is 5.91 Å². The third-order valence-electron chi connectivity index (χ3n) is 3.33. The van der Waals surface area contributed by atoms with Gasteiger partial charge < -0.3 is 10.5 Å². The van der Waals surface area contributed by atoms with Gasteiger partial charge in [-0.3, -0.25) is 4.79 Å². The van der Waals surface area contributed by atoms with Crippen molar-refractivity contribution in [3.63, 3.8) is 0 Å².